The van der Waals surface area contributed by atoms with Crippen molar-refractivity contribution in [2.45, 2.75) is 25.8 Å². The molecule has 0 spiro atoms. The van der Waals surface area contributed by atoms with Crippen molar-refractivity contribution in [3.8, 4) is 0 Å². The molecular formula is C11H19N3O2S. The van der Waals surface area contributed by atoms with Gasteiger partial charge in [0.2, 0.25) is 0 Å². The van der Waals surface area contributed by atoms with Gasteiger partial charge in [-0.2, -0.15) is 0 Å². The van der Waals surface area contributed by atoms with E-state index < -0.39 is 9.84 Å². The Morgan fingerprint density at radius 3 is 2.71 bits per heavy atom. The molecule has 6 heteroatoms. The average molecular weight is 257 g/mol. The molecule has 0 saturated carbocycles. The second kappa shape index (κ2) is 6.66. The molecule has 1 rings (SSSR count). The quantitative estimate of drug-likeness (QED) is 0.787. The third-order valence-electron chi connectivity index (χ3n) is 2.36. The summed E-state index contributed by atoms with van der Waals surface area (Å²) in [4.78, 5) is 8.22. The fourth-order valence-corrected chi connectivity index (χ4v) is 2.16. The molecule has 96 valence electrons. The van der Waals surface area contributed by atoms with Gasteiger partial charge < -0.3 is 5.32 Å². The molecule has 1 aromatic heterocycles. The summed E-state index contributed by atoms with van der Waals surface area (Å²) in [5.74, 6) is 0.158. The van der Waals surface area contributed by atoms with Crippen LogP contribution in [0.25, 0.3) is 0 Å². The number of nitrogens with zero attached hydrogens (tertiary/aromatic N) is 2. The lowest BCUT2D eigenvalue weighted by Gasteiger charge is -2.16. The van der Waals surface area contributed by atoms with Crippen LogP contribution in [0.4, 0.5) is 0 Å². The number of rotatable bonds is 7. The number of aromatic nitrogens is 2. The van der Waals surface area contributed by atoms with Gasteiger partial charge in [0.15, 0.2) is 0 Å². The van der Waals surface area contributed by atoms with Crippen molar-refractivity contribution >= 4 is 9.84 Å². The highest BCUT2D eigenvalue weighted by Crippen LogP contribution is 2.14. The van der Waals surface area contributed by atoms with E-state index in [1.54, 1.807) is 18.6 Å². The van der Waals surface area contributed by atoms with E-state index in [4.69, 9.17) is 0 Å². The van der Waals surface area contributed by atoms with E-state index in [1.807, 2.05) is 0 Å². The minimum atomic E-state index is -2.94. The molecule has 1 unspecified atom stereocenters. The van der Waals surface area contributed by atoms with E-state index in [2.05, 4.69) is 22.2 Å². The Bertz CT molecular complexity index is 420. The van der Waals surface area contributed by atoms with Crippen molar-refractivity contribution in [1.82, 2.24) is 15.3 Å². The molecule has 0 fully saturated rings. The Morgan fingerprint density at radius 2 is 2.18 bits per heavy atom. The lowest BCUT2D eigenvalue weighted by atomic mass is 10.1. The molecule has 17 heavy (non-hydrogen) atoms. The van der Waals surface area contributed by atoms with Gasteiger partial charge in [-0.05, 0) is 19.4 Å². The fourth-order valence-electron chi connectivity index (χ4n) is 1.50. The lowest BCUT2D eigenvalue weighted by Crippen LogP contribution is -2.25. The molecule has 0 radical (unpaired) electrons. The first-order valence-electron chi connectivity index (χ1n) is 5.70. The Kier molecular flexibility index (Phi) is 5.50. The van der Waals surface area contributed by atoms with Crippen LogP contribution >= 0.6 is 0 Å². The van der Waals surface area contributed by atoms with Gasteiger partial charge in [-0.3, -0.25) is 9.97 Å². The summed E-state index contributed by atoms with van der Waals surface area (Å²) in [6.07, 6.45) is 7.68. The molecule has 0 saturated heterocycles. The highest BCUT2D eigenvalue weighted by Gasteiger charge is 2.14. The molecule has 1 N–H and O–H groups in total. The zero-order valence-corrected chi connectivity index (χ0v) is 11.1. The van der Waals surface area contributed by atoms with E-state index in [0.717, 1.165) is 18.7 Å². The van der Waals surface area contributed by atoms with Gasteiger partial charge in [0.1, 0.15) is 9.84 Å². The smallest absolute Gasteiger partial charge is 0.147 e. The summed E-state index contributed by atoms with van der Waals surface area (Å²) in [5, 5.41) is 3.29. The normalized spacial score (nSPS) is 13.5. The molecule has 0 aliphatic carbocycles. The molecule has 1 atom stereocenters. The Morgan fingerprint density at radius 1 is 1.41 bits per heavy atom. The Balaban J connectivity index is 2.67. The van der Waals surface area contributed by atoms with Gasteiger partial charge in [0, 0.05) is 24.8 Å². The van der Waals surface area contributed by atoms with E-state index in [0.29, 0.717) is 6.42 Å². The first-order chi connectivity index (χ1) is 8.03. The maximum Gasteiger partial charge on any atom is 0.147 e. The summed E-state index contributed by atoms with van der Waals surface area (Å²) in [6.45, 7) is 2.91. The summed E-state index contributed by atoms with van der Waals surface area (Å²) in [5.41, 5.74) is 0.796. The van der Waals surface area contributed by atoms with Gasteiger partial charge in [0.25, 0.3) is 0 Å². The third kappa shape index (κ3) is 5.74. The fraction of sp³-hybridized carbons (Fsp3) is 0.636. The number of nitrogens with one attached hydrogen (secondary N) is 1. The van der Waals surface area contributed by atoms with Crippen LogP contribution in [-0.2, 0) is 9.84 Å². The third-order valence-corrected chi connectivity index (χ3v) is 3.34. The minimum Gasteiger partial charge on any atom is -0.309 e. The van der Waals surface area contributed by atoms with E-state index in [1.165, 1.54) is 6.26 Å². The van der Waals surface area contributed by atoms with Crippen LogP contribution in [0.1, 0.15) is 31.5 Å². The maximum absolute atomic E-state index is 11.2. The van der Waals surface area contributed by atoms with Crippen molar-refractivity contribution in [1.29, 1.82) is 0 Å². The van der Waals surface area contributed by atoms with Crippen LogP contribution in [0.2, 0.25) is 0 Å². The summed E-state index contributed by atoms with van der Waals surface area (Å²) in [7, 11) is -2.94. The standard InChI is InChI=1S/C11H19N3O2S/c1-3-5-13-10(4-8-17(2,15)16)11-9-12-6-7-14-11/h6-7,9-10,13H,3-5,8H2,1-2H3. The predicted molar refractivity (Wildman–Crippen MR) is 67.4 cm³/mol. The van der Waals surface area contributed by atoms with Gasteiger partial charge in [0.05, 0.1) is 17.5 Å². The summed E-state index contributed by atoms with van der Waals surface area (Å²) in [6, 6.07) is -0.0432. The molecule has 0 aliphatic heterocycles. The van der Waals surface area contributed by atoms with E-state index in [-0.39, 0.29) is 11.8 Å². The average Bonchev–Trinajstić information content (AvgIpc) is 2.29. The van der Waals surface area contributed by atoms with Gasteiger partial charge in [-0.15, -0.1) is 0 Å². The Labute approximate surface area is 103 Å². The highest BCUT2D eigenvalue weighted by atomic mass is 32.2. The van der Waals surface area contributed by atoms with Crippen molar-refractivity contribution < 1.29 is 8.42 Å². The molecule has 1 aromatic rings. The topological polar surface area (TPSA) is 72.0 Å². The largest absolute Gasteiger partial charge is 0.309 e. The Hall–Kier alpha value is -1.01. The SMILES string of the molecule is CCCNC(CCS(C)(=O)=O)c1cnccn1. The number of hydrogen-bond acceptors (Lipinski definition) is 5. The van der Waals surface area contributed by atoms with Crippen LogP contribution in [0.5, 0.6) is 0 Å². The number of sulfone groups is 1. The molecule has 0 aliphatic rings. The molecular weight excluding hydrogens is 238 g/mol. The summed E-state index contributed by atoms with van der Waals surface area (Å²) < 4.78 is 22.4. The van der Waals surface area contributed by atoms with Gasteiger partial charge in [-0.25, -0.2) is 8.42 Å². The highest BCUT2D eigenvalue weighted by molar-refractivity contribution is 7.90. The zero-order chi connectivity index (χ0) is 12.7. The summed E-state index contributed by atoms with van der Waals surface area (Å²) >= 11 is 0. The molecule has 0 aromatic carbocycles. The van der Waals surface area contributed by atoms with Crippen LogP contribution in [-0.4, -0.2) is 36.9 Å². The maximum atomic E-state index is 11.2. The van der Waals surface area contributed by atoms with E-state index in [9.17, 15) is 8.42 Å². The molecule has 5 nitrogen and oxygen atoms in total. The minimum absolute atomic E-state index is 0.0432. The van der Waals surface area contributed by atoms with Crippen LogP contribution in [0.3, 0.4) is 0 Å². The number of hydrogen-bond donors (Lipinski definition) is 1. The van der Waals surface area contributed by atoms with Crippen molar-refractivity contribution in [3.63, 3.8) is 0 Å². The first kappa shape index (κ1) is 14.1. The van der Waals surface area contributed by atoms with Gasteiger partial charge >= 0.3 is 0 Å². The zero-order valence-electron chi connectivity index (χ0n) is 10.3. The predicted octanol–water partition coefficient (Wildman–Crippen LogP) is 0.952. The van der Waals surface area contributed by atoms with Gasteiger partial charge in [-0.1, -0.05) is 6.92 Å². The second-order valence-electron chi connectivity index (χ2n) is 4.06. The molecule has 0 bridgehead atoms. The van der Waals surface area contributed by atoms with Crippen molar-refractivity contribution in [3.05, 3.63) is 24.3 Å². The monoisotopic (exact) mass is 257 g/mol. The second-order valence-corrected chi connectivity index (χ2v) is 6.32. The van der Waals surface area contributed by atoms with Crippen LogP contribution in [0.15, 0.2) is 18.6 Å². The lowest BCUT2D eigenvalue weighted by molar-refractivity contribution is 0.502. The van der Waals surface area contributed by atoms with Crippen LogP contribution in [0, 0.1) is 0 Å². The van der Waals surface area contributed by atoms with Crippen molar-refractivity contribution in [2.24, 2.45) is 0 Å². The van der Waals surface area contributed by atoms with E-state index >= 15 is 0 Å². The molecule has 1 heterocycles. The first-order valence-corrected chi connectivity index (χ1v) is 7.76. The van der Waals surface area contributed by atoms with Crippen molar-refractivity contribution in [2.75, 3.05) is 18.6 Å². The molecule has 0 amide bonds. The van der Waals surface area contributed by atoms with Crippen LogP contribution < -0.4 is 5.32 Å².